The van der Waals surface area contributed by atoms with Gasteiger partial charge in [0.05, 0.1) is 6.04 Å². The molecule has 0 fully saturated rings. The molecule has 0 N–H and O–H groups in total. The largest absolute Gasteiger partial charge is 0.491 e. The SMILES string of the molecule is CC(COc1ccccc1)n1ccc(-c2noc(C(F)(F)F)n2)cc1=O. The number of halogens is 3. The lowest BCUT2D eigenvalue weighted by molar-refractivity contribution is -0.159. The van der Waals surface area contributed by atoms with Crippen LogP contribution in [0.1, 0.15) is 18.9 Å². The minimum Gasteiger partial charge on any atom is -0.491 e. The van der Waals surface area contributed by atoms with Gasteiger partial charge < -0.3 is 13.8 Å². The van der Waals surface area contributed by atoms with E-state index in [2.05, 4.69) is 14.7 Å². The van der Waals surface area contributed by atoms with Crippen molar-refractivity contribution in [3.8, 4) is 17.1 Å². The lowest BCUT2D eigenvalue weighted by Crippen LogP contribution is -2.25. The summed E-state index contributed by atoms with van der Waals surface area (Å²) in [5.41, 5.74) is -0.272. The highest BCUT2D eigenvalue weighted by Crippen LogP contribution is 2.29. The standard InChI is InChI=1S/C17H14F3N3O3/c1-11(10-25-13-5-3-2-4-6-13)23-8-7-12(9-14(23)24)15-21-16(26-22-15)17(18,19)20/h2-9,11H,10H2,1H3. The number of rotatable bonds is 5. The number of nitrogens with zero attached hydrogens (tertiary/aromatic N) is 3. The molecule has 2 aromatic heterocycles. The molecule has 0 aliphatic rings. The van der Waals surface area contributed by atoms with Crippen LogP contribution >= 0.6 is 0 Å². The molecule has 0 saturated carbocycles. The molecule has 0 aliphatic heterocycles. The topological polar surface area (TPSA) is 70.2 Å². The monoisotopic (exact) mass is 365 g/mol. The Morgan fingerprint density at radius 3 is 2.58 bits per heavy atom. The minimum absolute atomic E-state index is 0.140. The summed E-state index contributed by atoms with van der Waals surface area (Å²) in [5, 5.41) is 3.27. The molecule has 26 heavy (non-hydrogen) atoms. The van der Waals surface area contributed by atoms with Crippen LogP contribution in [0.3, 0.4) is 0 Å². The van der Waals surface area contributed by atoms with Crippen molar-refractivity contribution < 1.29 is 22.4 Å². The van der Waals surface area contributed by atoms with Crippen LogP contribution in [0.25, 0.3) is 11.4 Å². The Morgan fingerprint density at radius 1 is 1.23 bits per heavy atom. The Morgan fingerprint density at radius 2 is 1.96 bits per heavy atom. The summed E-state index contributed by atoms with van der Waals surface area (Å²) in [4.78, 5) is 15.5. The molecule has 9 heteroatoms. The van der Waals surface area contributed by atoms with Gasteiger partial charge >= 0.3 is 12.1 Å². The molecule has 0 radical (unpaired) electrons. The molecule has 1 unspecified atom stereocenters. The lowest BCUT2D eigenvalue weighted by atomic mass is 10.2. The molecule has 0 spiro atoms. The Kier molecular flexibility index (Phi) is 4.79. The van der Waals surface area contributed by atoms with Crippen LogP contribution in [-0.4, -0.2) is 21.3 Å². The predicted octanol–water partition coefficient (Wildman–Crippen LogP) is 3.56. The molecule has 0 aliphatic carbocycles. The first kappa shape index (κ1) is 17.7. The van der Waals surface area contributed by atoms with Gasteiger partial charge in [0.15, 0.2) is 0 Å². The first-order chi connectivity index (χ1) is 12.3. The van der Waals surface area contributed by atoms with Gasteiger partial charge in [0, 0.05) is 17.8 Å². The average molecular weight is 365 g/mol. The molecule has 0 amide bonds. The van der Waals surface area contributed by atoms with E-state index in [9.17, 15) is 18.0 Å². The highest BCUT2D eigenvalue weighted by atomic mass is 19.4. The number of hydrogen-bond donors (Lipinski definition) is 0. The van der Waals surface area contributed by atoms with Crippen molar-refractivity contribution in [2.45, 2.75) is 19.1 Å². The number of para-hydroxylation sites is 1. The van der Waals surface area contributed by atoms with Crippen LogP contribution in [0.5, 0.6) is 5.75 Å². The van der Waals surface area contributed by atoms with E-state index in [1.165, 1.54) is 16.8 Å². The second-order valence-electron chi connectivity index (χ2n) is 5.55. The quantitative estimate of drug-likeness (QED) is 0.691. The third-order valence-corrected chi connectivity index (χ3v) is 3.58. The third-order valence-electron chi connectivity index (χ3n) is 3.58. The zero-order valence-electron chi connectivity index (χ0n) is 13.6. The van der Waals surface area contributed by atoms with Crippen LogP contribution in [0.4, 0.5) is 13.2 Å². The van der Waals surface area contributed by atoms with Crippen molar-refractivity contribution in [3.63, 3.8) is 0 Å². The van der Waals surface area contributed by atoms with E-state index < -0.39 is 17.6 Å². The summed E-state index contributed by atoms with van der Waals surface area (Å²) in [5.74, 6) is -1.08. The maximum Gasteiger partial charge on any atom is 0.471 e. The number of aromatic nitrogens is 3. The number of alkyl halides is 3. The molecule has 0 saturated heterocycles. The maximum absolute atomic E-state index is 12.5. The summed E-state index contributed by atoms with van der Waals surface area (Å²) in [6, 6.07) is 11.5. The maximum atomic E-state index is 12.5. The number of pyridine rings is 1. The summed E-state index contributed by atoms with van der Waals surface area (Å²) in [6.07, 6.45) is -3.27. The predicted molar refractivity (Wildman–Crippen MR) is 85.6 cm³/mol. The van der Waals surface area contributed by atoms with E-state index in [1.807, 2.05) is 18.2 Å². The molecular weight excluding hydrogens is 351 g/mol. The minimum atomic E-state index is -4.73. The van der Waals surface area contributed by atoms with Crippen molar-refractivity contribution in [1.82, 2.24) is 14.7 Å². The van der Waals surface area contributed by atoms with E-state index in [1.54, 1.807) is 19.1 Å². The van der Waals surface area contributed by atoms with Crippen LogP contribution < -0.4 is 10.3 Å². The molecular formula is C17H14F3N3O3. The number of benzene rings is 1. The normalized spacial score (nSPS) is 12.8. The van der Waals surface area contributed by atoms with E-state index in [4.69, 9.17) is 4.74 Å². The van der Waals surface area contributed by atoms with Gasteiger partial charge in [-0.1, -0.05) is 23.4 Å². The van der Waals surface area contributed by atoms with E-state index >= 15 is 0 Å². The van der Waals surface area contributed by atoms with Gasteiger partial charge in [-0.05, 0) is 25.1 Å². The van der Waals surface area contributed by atoms with Crippen molar-refractivity contribution in [2.75, 3.05) is 6.61 Å². The van der Waals surface area contributed by atoms with Crippen molar-refractivity contribution in [3.05, 3.63) is 64.9 Å². The highest BCUT2D eigenvalue weighted by Gasteiger charge is 2.38. The Bertz CT molecular complexity index is 935. The van der Waals surface area contributed by atoms with Gasteiger partial charge in [0.2, 0.25) is 5.82 Å². The van der Waals surface area contributed by atoms with Gasteiger partial charge in [0.25, 0.3) is 5.56 Å². The fourth-order valence-corrected chi connectivity index (χ4v) is 2.26. The van der Waals surface area contributed by atoms with Gasteiger partial charge in [-0.2, -0.15) is 18.2 Å². The molecule has 136 valence electrons. The average Bonchev–Trinajstić information content (AvgIpc) is 3.11. The summed E-state index contributed by atoms with van der Waals surface area (Å²) in [6.45, 7) is 2.05. The second-order valence-corrected chi connectivity index (χ2v) is 5.55. The van der Waals surface area contributed by atoms with Crippen molar-refractivity contribution in [2.24, 2.45) is 0 Å². The van der Waals surface area contributed by atoms with Crippen molar-refractivity contribution in [1.29, 1.82) is 0 Å². The first-order valence-corrected chi connectivity index (χ1v) is 7.66. The van der Waals surface area contributed by atoms with Crippen LogP contribution in [0, 0.1) is 0 Å². The molecule has 1 atom stereocenters. The zero-order chi connectivity index (χ0) is 18.7. The van der Waals surface area contributed by atoms with Gasteiger partial charge in [0.1, 0.15) is 12.4 Å². The van der Waals surface area contributed by atoms with Crippen LogP contribution in [0.15, 0.2) is 58.0 Å². The van der Waals surface area contributed by atoms with Crippen LogP contribution in [0.2, 0.25) is 0 Å². The third kappa shape index (κ3) is 3.93. The molecule has 3 rings (SSSR count). The fourth-order valence-electron chi connectivity index (χ4n) is 2.26. The second kappa shape index (κ2) is 7.03. The number of ether oxygens (including phenoxy) is 1. The van der Waals surface area contributed by atoms with E-state index in [-0.39, 0.29) is 24.0 Å². The number of hydrogen-bond acceptors (Lipinski definition) is 5. The fraction of sp³-hybridized carbons (Fsp3) is 0.235. The Balaban J connectivity index is 1.75. The zero-order valence-corrected chi connectivity index (χ0v) is 13.6. The summed E-state index contributed by atoms with van der Waals surface area (Å²) in [7, 11) is 0. The Hall–Kier alpha value is -3.10. The van der Waals surface area contributed by atoms with Gasteiger partial charge in [-0.25, -0.2) is 0 Å². The Labute approximate surface area is 145 Å². The molecule has 2 heterocycles. The smallest absolute Gasteiger partial charge is 0.471 e. The van der Waals surface area contributed by atoms with Crippen LogP contribution in [-0.2, 0) is 6.18 Å². The van der Waals surface area contributed by atoms with Gasteiger partial charge in [-0.15, -0.1) is 0 Å². The molecule has 0 bridgehead atoms. The molecule has 1 aromatic carbocycles. The van der Waals surface area contributed by atoms with E-state index in [0.29, 0.717) is 5.75 Å². The lowest BCUT2D eigenvalue weighted by Gasteiger charge is -2.16. The molecule has 6 nitrogen and oxygen atoms in total. The highest BCUT2D eigenvalue weighted by molar-refractivity contribution is 5.52. The molecule has 3 aromatic rings. The van der Waals surface area contributed by atoms with E-state index in [0.717, 1.165) is 6.07 Å². The summed E-state index contributed by atoms with van der Waals surface area (Å²) >= 11 is 0. The summed E-state index contributed by atoms with van der Waals surface area (Å²) < 4.78 is 48.7. The van der Waals surface area contributed by atoms with Crippen molar-refractivity contribution >= 4 is 0 Å². The first-order valence-electron chi connectivity index (χ1n) is 7.66. The van der Waals surface area contributed by atoms with Gasteiger partial charge in [-0.3, -0.25) is 4.79 Å².